The third-order valence-electron chi connectivity index (χ3n) is 6.46. The lowest BCUT2D eigenvalue weighted by atomic mass is 9.97. The lowest BCUT2D eigenvalue weighted by Crippen LogP contribution is -2.53. The van der Waals surface area contributed by atoms with Crippen molar-refractivity contribution >= 4 is 16.7 Å². The Morgan fingerprint density at radius 2 is 1.84 bits per heavy atom. The summed E-state index contributed by atoms with van der Waals surface area (Å²) in [7, 11) is 0. The summed E-state index contributed by atoms with van der Waals surface area (Å²) >= 11 is 0. The van der Waals surface area contributed by atoms with Crippen LogP contribution in [-0.4, -0.2) is 47.2 Å². The summed E-state index contributed by atoms with van der Waals surface area (Å²) in [6.07, 6.45) is 3.09. The number of carbonyl (C=O) groups excluding carboxylic acids is 1. The third kappa shape index (κ3) is 3.51. The average Bonchev–Trinajstić information content (AvgIpc) is 3.02. The van der Waals surface area contributed by atoms with E-state index in [1.165, 1.54) is 0 Å². The maximum atomic E-state index is 13.0. The summed E-state index contributed by atoms with van der Waals surface area (Å²) in [6.45, 7) is 5.02. The number of ether oxygens (including phenoxy) is 2. The van der Waals surface area contributed by atoms with Crippen LogP contribution in [0.3, 0.4) is 0 Å². The van der Waals surface area contributed by atoms with E-state index in [4.69, 9.17) is 9.47 Å². The number of carbonyl (C=O) groups is 1. The molecule has 3 atom stereocenters. The van der Waals surface area contributed by atoms with Crippen molar-refractivity contribution in [2.75, 3.05) is 13.2 Å². The van der Waals surface area contributed by atoms with Crippen LogP contribution in [0.15, 0.2) is 53.5 Å². The fourth-order valence-electron chi connectivity index (χ4n) is 4.86. The molecule has 2 bridgehead atoms. The summed E-state index contributed by atoms with van der Waals surface area (Å²) in [5, 5.41) is 1.40. The minimum Gasteiger partial charge on any atom is -0.481 e. The number of fused-ring (bicyclic) bond motifs is 3. The Morgan fingerprint density at radius 3 is 2.58 bits per heavy atom. The zero-order valence-electron chi connectivity index (χ0n) is 17.8. The van der Waals surface area contributed by atoms with Gasteiger partial charge in [0.05, 0.1) is 30.7 Å². The Morgan fingerprint density at radius 1 is 1.10 bits per heavy atom. The topological polar surface area (TPSA) is 71.6 Å². The molecule has 0 spiro atoms. The van der Waals surface area contributed by atoms with E-state index in [2.05, 4.69) is 18.0 Å². The van der Waals surface area contributed by atoms with E-state index in [-0.39, 0.29) is 23.6 Å². The molecule has 2 saturated heterocycles. The lowest BCUT2D eigenvalue weighted by Gasteiger charge is -2.36. The van der Waals surface area contributed by atoms with E-state index < -0.39 is 6.10 Å². The van der Waals surface area contributed by atoms with E-state index in [1.807, 2.05) is 35.2 Å². The molecule has 2 fully saturated rings. The maximum absolute atomic E-state index is 13.0. The Kier molecular flexibility index (Phi) is 5.02. The highest BCUT2D eigenvalue weighted by molar-refractivity contribution is 5.97. The molecule has 0 radical (unpaired) electrons. The monoisotopic (exact) mass is 418 g/mol. The zero-order valence-corrected chi connectivity index (χ0v) is 17.8. The van der Waals surface area contributed by atoms with Crippen molar-refractivity contribution in [1.82, 2.24) is 9.88 Å². The number of amides is 1. The van der Waals surface area contributed by atoms with Crippen molar-refractivity contribution in [2.45, 2.75) is 44.9 Å². The van der Waals surface area contributed by atoms with Gasteiger partial charge in [-0.1, -0.05) is 24.3 Å². The first-order chi connectivity index (χ1) is 15.0. The molecule has 1 aromatic heterocycles. The number of benzene rings is 2. The van der Waals surface area contributed by atoms with E-state index in [1.54, 1.807) is 19.2 Å². The number of H-pyrrole nitrogens is 1. The van der Waals surface area contributed by atoms with Crippen LogP contribution < -0.4 is 10.3 Å². The van der Waals surface area contributed by atoms with Crippen LogP contribution in [0.2, 0.25) is 0 Å². The highest BCUT2D eigenvalue weighted by Crippen LogP contribution is 2.32. The van der Waals surface area contributed by atoms with E-state index >= 15 is 0 Å². The molecule has 31 heavy (non-hydrogen) atoms. The highest BCUT2D eigenvalue weighted by atomic mass is 16.5. The van der Waals surface area contributed by atoms with Gasteiger partial charge < -0.3 is 19.4 Å². The number of aryl methyl sites for hydroxylation is 1. The number of pyridine rings is 1. The molecule has 2 aliphatic rings. The van der Waals surface area contributed by atoms with Gasteiger partial charge in [-0.2, -0.15) is 0 Å². The number of hydrogen-bond acceptors (Lipinski definition) is 4. The van der Waals surface area contributed by atoms with Crippen LogP contribution in [0.1, 0.15) is 25.3 Å². The molecule has 5 rings (SSSR count). The first-order valence-electron chi connectivity index (χ1n) is 10.8. The summed E-state index contributed by atoms with van der Waals surface area (Å²) in [6, 6.07) is 13.8. The molecular formula is C25H26N2O4. The molecular weight excluding hydrogens is 392 g/mol. The minimum atomic E-state index is -0.628. The molecule has 2 aliphatic heterocycles. The first-order valence-corrected chi connectivity index (χ1v) is 10.8. The molecule has 1 amide bonds. The Balaban J connectivity index is 1.44. The predicted octanol–water partition coefficient (Wildman–Crippen LogP) is 3.66. The molecule has 6 nitrogen and oxygen atoms in total. The first kappa shape index (κ1) is 19.8. The quantitative estimate of drug-likeness (QED) is 0.702. The summed E-state index contributed by atoms with van der Waals surface area (Å²) < 4.78 is 11.6. The number of aromatic nitrogens is 1. The van der Waals surface area contributed by atoms with E-state index in [0.29, 0.717) is 24.3 Å². The number of rotatable bonds is 4. The van der Waals surface area contributed by atoms with E-state index in [0.717, 1.165) is 34.9 Å². The van der Waals surface area contributed by atoms with Crippen LogP contribution in [0.25, 0.3) is 21.9 Å². The fourth-order valence-corrected chi connectivity index (χ4v) is 4.86. The second-order valence-electron chi connectivity index (χ2n) is 8.48. The third-order valence-corrected chi connectivity index (χ3v) is 6.46. The number of hydrogen-bond donors (Lipinski definition) is 1. The van der Waals surface area contributed by atoms with Gasteiger partial charge in [0.2, 0.25) is 0 Å². The molecule has 2 aromatic carbocycles. The molecule has 3 aromatic rings. The van der Waals surface area contributed by atoms with Gasteiger partial charge in [0.1, 0.15) is 5.75 Å². The van der Waals surface area contributed by atoms with Gasteiger partial charge in [0.25, 0.3) is 11.5 Å². The molecule has 1 N–H and O–H groups in total. The zero-order chi connectivity index (χ0) is 21.5. The van der Waals surface area contributed by atoms with Crippen molar-refractivity contribution in [1.29, 1.82) is 0 Å². The Bertz CT molecular complexity index is 1190. The van der Waals surface area contributed by atoms with Crippen molar-refractivity contribution in [3.05, 3.63) is 64.6 Å². The van der Waals surface area contributed by atoms with Crippen molar-refractivity contribution in [3.63, 3.8) is 0 Å². The Hall–Kier alpha value is -3.12. The van der Waals surface area contributed by atoms with Crippen molar-refractivity contribution in [2.24, 2.45) is 0 Å². The van der Waals surface area contributed by atoms with Gasteiger partial charge in [0.15, 0.2) is 6.10 Å². The smallest absolute Gasteiger partial charge is 0.264 e. The van der Waals surface area contributed by atoms with Gasteiger partial charge in [-0.05, 0) is 61.4 Å². The summed E-state index contributed by atoms with van der Waals surface area (Å²) in [5.74, 6) is 0.500. The highest BCUT2D eigenvalue weighted by Gasteiger charge is 2.42. The standard InChI is InChI=1S/C25H26N2O4/c1-15-5-3-4-6-20(15)23-12-26-24(28)22-11-19(9-10-21(22)23)31-16(2)25(29)27-17-7-8-18(27)14-30-13-17/h3-6,9-12,16-18H,7-8,13-14H2,1-2H3,(H,26,28)/t16-,17?,18?/m1/s1. The van der Waals surface area contributed by atoms with Gasteiger partial charge in [-0.25, -0.2) is 0 Å². The van der Waals surface area contributed by atoms with Gasteiger partial charge in [0, 0.05) is 11.8 Å². The Labute approximate surface area is 180 Å². The van der Waals surface area contributed by atoms with Crippen molar-refractivity contribution < 1.29 is 14.3 Å². The molecule has 0 saturated carbocycles. The van der Waals surface area contributed by atoms with Gasteiger partial charge in [-0.15, -0.1) is 0 Å². The number of nitrogens with zero attached hydrogens (tertiary/aromatic N) is 1. The van der Waals surface area contributed by atoms with Crippen LogP contribution >= 0.6 is 0 Å². The molecule has 2 unspecified atom stereocenters. The molecule has 6 heteroatoms. The largest absolute Gasteiger partial charge is 0.481 e. The molecule has 3 heterocycles. The SMILES string of the molecule is Cc1ccccc1-c1c[nH]c(=O)c2cc(O[C@H](C)C(=O)N3C4CCC3COC4)ccc12. The van der Waals surface area contributed by atoms with Crippen LogP contribution in [-0.2, 0) is 9.53 Å². The second kappa shape index (κ2) is 7.85. The van der Waals surface area contributed by atoms with Crippen LogP contribution in [0.4, 0.5) is 0 Å². The molecule has 160 valence electrons. The van der Waals surface area contributed by atoms with Crippen LogP contribution in [0.5, 0.6) is 5.75 Å². The van der Waals surface area contributed by atoms with Crippen molar-refractivity contribution in [3.8, 4) is 16.9 Å². The van der Waals surface area contributed by atoms with Crippen LogP contribution in [0, 0.1) is 6.92 Å². The summed E-state index contributed by atoms with van der Waals surface area (Å²) in [5.41, 5.74) is 3.00. The normalized spacial score (nSPS) is 21.3. The predicted molar refractivity (Wildman–Crippen MR) is 119 cm³/mol. The van der Waals surface area contributed by atoms with E-state index in [9.17, 15) is 9.59 Å². The maximum Gasteiger partial charge on any atom is 0.264 e. The number of aromatic amines is 1. The summed E-state index contributed by atoms with van der Waals surface area (Å²) in [4.78, 5) is 30.4. The minimum absolute atomic E-state index is 0.0153. The number of morpholine rings is 1. The van der Waals surface area contributed by atoms with Gasteiger partial charge >= 0.3 is 0 Å². The average molecular weight is 418 g/mol. The fraction of sp³-hybridized carbons (Fsp3) is 0.360. The number of nitrogens with one attached hydrogen (secondary N) is 1. The second-order valence-corrected chi connectivity index (χ2v) is 8.48. The lowest BCUT2D eigenvalue weighted by molar-refractivity contribution is -0.147. The molecule has 0 aliphatic carbocycles. The van der Waals surface area contributed by atoms with Gasteiger partial charge in [-0.3, -0.25) is 9.59 Å².